The minimum Gasteiger partial charge on any atom is -0.296 e. The predicted molar refractivity (Wildman–Crippen MR) is 123 cm³/mol. The zero-order valence-electron chi connectivity index (χ0n) is 17.8. The molecule has 0 aliphatic carbocycles. The molecular formula is C21H23N7OS2. The maximum atomic E-state index is 12.9. The lowest BCUT2D eigenvalue weighted by Gasteiger charge is -2.07. The molecule has 160 valence electrons. The monoisotopic (exact) mass is 453 g/mol. The number of amides is 1. The van der Waals surface area contributed by atoms with Crippen LogP contribution in [0.4, 0.5) is 5.13 Å². The Morgan fingerprint density at radius 1 is 1.19 bits per heavy atom. The van der Waals surface area contributed by atoms with Gasteiger partial charge >= 0.3 is 0 Å². The molecule has 1 aromatic carbocycles. The molecule has 8 nitrogen and oxygen atoms in total. The van der Waals surface area contributed by atoms with Crippen LogP contribution >= 0.6 is 23.1 Å². The number of carbonyl (C=O) groups is 1. The lowest BCUT2D eigenvalue weighted by molar-refractivity contribution is 0.102. The molecule has 0 aliphatic heterocycles. The summed E-state index contributed by atoms with van der Waals surface area (Å²) in [6, 6.07) is 9.50. The normalized spacial score (nSPS) is 11.4. The standard InChI is InChI=1S/C21H23N7OS2/c1-12(2)9-17-25-26-20(31-17)23-18(29)16-8-6-5-7-15(16)11-30-21-24-19-22-13(3)10-14(4)28(19)27-21/h5-8,10,12H,9,11H2,1-4H3,(H,23,26,29). The number of thioether (sulfide) groups is 1. The van der Waals surface area contributed by atoms with Gasteiger partial charge in [0.15, 0.2) is 0 Å². The minimum atomic E-state index is -0.195. The zero-order valence-corrected chi connectivity index (χ0v) is 19.4. The Labute approximate surface area is 188 Å². The van der Waals surface area contributed by atoms with E-state index in [0.717, 1.165) is 28.4 Å². The van der Waals surface area contributed by atoms with Gasteiger partial charge in [0.2, 0.25) is 10.3 Å². The number of benzene rings is 1. The molecule has 0 fully saturated rings. The SMILES string of the molecule is Cc1cc(C)n2nc(SCc3ccccc3C(=O)Nc3nnc(CC(C)C)s3)nc2n1. The van der Waals surface area contributed by atoms with Crippen LogP contribution in [0.25, 0.3) is 5.78 Å². The van der Waals surface area contributed by atoms with E-state index in [1.165, 1.54) is 23.1 Å². The summed E-state index contributed by atoms with van der Waals surface area (Å²) in [7, 11) is 0. The first kappa shape index (κ1) is 21.4. The number of aromatic nitrogens is 6. The Bertz CT molecular complexity index is 1230. The number of nitrogens with zero attached hydrogens (tertiary/aromatic N) is 6. The molecule has 0 saturated heterocycles. The molecule has 0 bridgehead atoms. The van der Waals surface area contributed by atoms with Crippen molar-refractivity contribution in [1.82, 2.24) is 29.8 Å². The fraction of sp³-hybridized carbons (Fsp3) is 0.333. The fourth-order valence-corrected chi connectivity index (χ4v) is 4.89. The van der Waals surface area contributed by atoms with Crippen molar-refractivity contribution in [2.75, 3.05) is 5.32 Å². The van der Waals surface area contributed by atoms with Gasteiger partial charge in [0.25, 0.3) is 11.7 Å². The number of nitrogens with one attached hydrogen (secondary N) is 1. The summed E-state index contributed by atoms with van der Waals surface area (Å²) in [5.41, 5.74) is 3.39. The summed E-state index contributed by atoms with van der Waals surface area (Å²) >= 11 is 2.89. The summed E-state index contributed by atoms with van der Waals surface area (Å²) < 4.78 is 1.73. The van der Waals surface area contributed by atoms with Crippen molar-refractivity contribution in [3.63, 3.8) is 0 Å². The number of hydrogen-bond donors (Lipinski definition) is 1. The van der Waals surface area contributed by atoms with Crippen LogP contribution in [0.5, 0.6) is 0 Å². The molecule has 0 unspecified atom stereocenters. The summed E-state index contributed by atoms with van der Waals surface area (Å²) in [4.78, 5) is 21.8. The quantitative estimate of drug-likeness (QED) is 0.416. The van der Waals surface area contributed by atoms with Gasteiger partial charge in [-0.2, -0.15) is 4.98 Å². The average molecular weight is 454 g/mol. The highest BCUT2D eigenvalue weighted by Crippen LogP contribution is 2.24. The van der Waals surface area contributed by atoms with E-state index in [0.29, 0.717) is 33.3 Å². The van der Waals surface area contributed by atoms with Crippen LogP contribution in [0.1, 0.15) is 46.2 Å². The number of hydrogen-bond acceptors (Lipinski definition) is 8. The first-order chi connectivity index (χ1) is 14.9. The largest absolute Gasteiger partial charge is 0.296 e. The van der Waals surface area contributed by atoms with E-state index in [-0.39, 0.29) is 5.91 Å². The number of fused-ring (bicyclic) bond motifs is 1. The second kappa shape index (κ2) is 9.11. The van der Waals surface area contributed by atoms with E-state index < -0.39 is 0 Å². The average Bonchev–Trinajstić information content (AvgIpc) is 3.32. The minimum absolute atomic E-state index is 0.195. The predicted octanol–water partition coefficient (Wildman–Crippen LogP) is 4.34. The molecule has 4 aromatic rings. The third kappa shape index (κ3) is 5.08. The summed E-state index contributed by atoms with van der Waals surface area (Å²) in [6.07, 6.45) is 0.848. The number of carbonyl (C=O) groups excluding carboxylic acids is 1. The number of anilines is 1. The molecule has 3 aromatic heterocycles. The molecule has 1 N–H and O–H groups in total. The molecule has 0 radical (unpaired) electrons. The molecular weight excluding hydrogens is 430 g/mol. The van der Waals surface area contributed by atoms with E-state index in [2.05, 4.69) is 44.4 Å². The van der Waals surface area contributed by atoms with Crippen molar-refractivity contribution in [1.29, 1.82) is 0 Å². The molecule has 0 saturated carbocycles. The van der Waals surface area contributed by atoms with E-state index in [4.69, 9.17) is 0 Å². The van der Waals surface area contributed by atoms with Crippen molar-refractivity contribution < 1.29 is 4.79 Å². The van der Waals surface area contributed by atoms with Gasteiger partial charge in [-0.25, -0.2) is 9.50 Å². The molecule has 0 spiro atoms. The Balaban J connectivity index is 1.47. The zero-order chi connectivity index (χ0) is 22.0. The first-order valence-corrected chi connectivity index (χ1v) is 11.7. The van der Waals surface area contributed by atoms with Crippen LogP contribution < -0.4 is 5.32 Å². The van der Waals surface area contributed by atoms with Crippen LogP contribution in [-0.4, -0.2) is 35.7 Å². The van der Waals surface area contributed by atoms with Crippen molar-refractivity contribution in [3.05, 3.63) is 57.9 Å². The second-order valence-electron chi connectivity index (χ2n) is 7.64. The van der Waals surface area contributed by atoms with E-state index >= 15 is 0 Å². The molecule has 31 heavy (non-hydrogen) atoms. The van der Waals surface area contributed by atoms with Gasteiger partial charge in [0.05, 0.1) is 0 Å². The maximum Gasteiger partial charge on any atom is 0.257 e. The van der Waals surface area contributed by atoms with Gasteiger partial charge in [0, 0.05) is 29.1 Å². The highest BCUT2D eigenvalue weighted by Gasteiger charge is 2.16. The van der Waals surface area contributed by atoms with E-state index in [9.17, 15) is 4.79 Å². The van der Waals surface area contributed by atoms with Crippen LogP contribution in [0.15, 0.2) is 35.5 Å². The Morgan fingerprint density at radius 2 is 2.00 bits per heavy atom. The summed E-state index contributed by atoms with van der Waals surface area (Å²) in [5.74, 6) is 1.44. The molecule has 0 aliphatic rings. The molecule has 4 rings (SSSR count). The Hall–Kier alpha value is -2.85. The molecule has 1 amide bonds. The Kier molecular flexibility index (Phi) is 6.28. The highest BCUT2D eigenvalue weighted by atomic mass is 32.2. The van der Waals surface area contributed by atoms with Gasteiger partial charge < -0.3 is 0 Å². The van der Waals surface area contributed by atoms with Gasteiger partial charge in [-0.3, -0.25) is 10.1 Å². The van der Waals surface area contributed by atoms with E-state index in [1.807, 2.05) is 44.2 Å². The molecule has 3 heterocycles. The van der Waals surface area contributed by atoms with Gasteiger partial charge in [0.1, 0.15) is 5.01 Å². The third-order valence-corrected chi connectivity index (χ3v) is 6.24. The Morgan fingerprint density at radius 3 is 2.81 bits per heavy atom. The second-order valence-corrected chi connectivity index (χ2v) is 9.65. The third-order valence-electron chi connectivity index (χ3n) is 4.49. The van der Waals surface area contributed by atoms with Gasteiger partial charge in [-0.1, -0.05) is 55.1 Å². The lowest BCUT2D eigenvalue weighted by Crippen LogP contribution is -2.13. The smallest absolute Gasteiger partial charge is 0.257 e. The highest BCUT2D eigenvalue weighted by molar-refractivity contribution is 7.98. The first-order valence-electron chi connectivity index (χ1n) is 9.94. The van der Waals surface area contributed by atoms with Crippen LogP contribution in [0.3, 0.4) is 0 Å². The van der Waals surface area contributed by atoms with Crippen LogP contribution in [-0.2, 0) is 12.2 Å². The number of aryl methyl sites for hydroxylation is 2. The van der Waals surface area contributed by atoms with Gasteiger partial charge in [-0.15, -0.1) is 15.3 Å². The van der Waals surface area contributed by atoms with Crippen molar-refractivity contribution in [2.45, 2.75) is 45.0 Å². The van der Waals surface area contributed by atoms with E-state index in [1.54, 1.807) is 4.52 Å². The summed E-state index contributed by atoms with van der Waals surface area (Å²) in [6.45, 7) is 8.17. The maximum absolute atomic E-state index is 12.9. The van der Waals surface area contributed by atoms with Crippen LogP contribution in [0, 0.1) is 19.8 Å². The van der Waals surface area contributed by atoms with Gasteiger partial charge in [-0.05, 0) is 37.5 Å². The van der Waals surface area contributed by atoms with Crippen LogP contribution in [0.2, 0.25) is 0 Å². The number of rotatable bonds is 7. The van der Waals surface area contributed by atoms with Crippen molar-refractivity contribution in [2.24, 2.45) is 5.92 Å². The molecule has 10 heteroatoms. The fourth-order valence-electron chi connectivity index (χ4n) is 3.12. The van der Waals surface area contributed by atoms with Crippen molar-refractivity contribution >= 4 is 39.9 Å². The summed E-state index contributed by atoms with van der Waals surface area (Å²) in [5, 5.41) is 17.7. The molecule has 0 atom stereocenters. The van der Waals surface area contributed by atoms with Crippen molar-refractivity contribution in [3.8, 4) is 0 Å². The topological polar surface area (TPSA) is 98.0 Å². The lowest BCUT2D eigenvalue weighted by atomic mass is 10.1.